The number of carbonyl (C=O) groups is 1. The van der Waals surface area contributed by atoms with Crippen LogP contribution in [0.4, 0.5) is 5.69 Å². The minimum Gasteiger partial charge on any atom is -0.352 e. The molecular formula is C15H13Cl3N6OS. The molecule has 0 fully saturated rings. The van der Waals surface area contributed by atoms with Gasteiger partial charge in [-0.2, -0.15) is 5.26 Å². The van der Waals surface area contributed by atoms with Crippen molar-refractivity contribution in [2.24, 2.45) is 4.99 Å². The van der Waals surface area contributed by atoms with Crippen molar-refractivity contribution in [1.29, 1.82) is 5.26 Å². The van der Waals surface area contributed by atoms with Crippen LogP contribution in [0, 0.1) is 11.5 Å². The van der Waals surface area contributed by atoms with E-state index in [1.54, 1.807) is 35.8 Å². The summed E-state index contributed by atoms with van der Waals surface area (Å²) in [5, 5.41) is 19.3. The van der Waals surface area contributed by atoms with Gasteiger partial charge in [0.15, 0.2) is 4.33 Å². The number of aromatic nitrogens is 1. The number of carbonyl (C=O) groups excluding carboxylic acids is 1. The third kappa shape index (κ3) is 6.69. The number of nitriles is 1. The van der Waals surface area contributed by atoms with E-state index in [1.165, 1.54) is 17.5 Å². The molecule has 0 aromatic carbocycles. The summed E-state index contributed by atoms with van der Waals surface area (Å²) in [7, 11) is 0. The number of guanidine groups is 1. The van der Waals surface area contributed by atoms with Crippen LogP contribution in [-0.4, -0.2) is 34.3 Å². The summed E-state index contributed by atoms with van der Waals surface area (Å²) in [6, 6.07) is 6.73. The molecule has 0 bridgehead atoms. The lowest BCUT2D eigenvalue weighted by Crippen LogP contribution is -2.45. The second-order valence-corrected chi connectivity index (χ2v) is 7.90. The van der Waals surface area contributed by atoms with Crippen LogP contribution in [0.3, 0.4) is 0 Å². The van der Waals surface area contributed by atoms with Crippen molar-refractivity contribution >= 4 is 63.7 Å². The number of hydrogen-bond donors (Lipinski definition) is 3. The van der Waals surface area contributed by atoms with Crippen LogP contribution in [0.25, 0.3) is 0 Å². The number of nitrogens with zero attached hydrogens (tertiary/aromatic N) is 3. The number of alkyl halides is 2. The highest BCUT2D eigenvalue weighted by atomic mass is 35.5. The third-order valence-corrected chi connectivity index (χ3v) is 4.55. The molecule has 0 aliphatic carbocycles. The Kier molecular flexibility index (Phi) is 7.48. The minimum atomic E-state index is -1.32. The highest BCUT2D eigenvalue weighted by Crippen LogP contribution is 2.19. The van der Waals surface area contributed by atoms with Gasteiger partial charge in [0.2, 0.25) is 12.2 Å². The van der Waals surface area contributed by atoms with Crippen molar-refractivity contribution in [2.75, 3.05) is 18.4 Å². The van der Waals surface area contributed by atoms with Crippen LogP contribution >= 0.6 is 46.1 Å². The summed E-state index contributed by atoms with van der Waals surface area (Å²) in [4.78, 5) is 20.0. The predicted molar refractivity (Wildman–Crippen MR) is 105 cm³/mol. The SMILES string of the molecule is N#CN=C(NCC(Cl)(Cl)CNC(=O)c1cccs1)Nc1ccc(Cl)nc1. The smallest absolute Gasteiger partial charge is 0.261 e. The van der Waals surface area contributed by atoms with Gasteiger partial charge in [0, 0.05) is 0 Å². The van der Waals surface area contributed by atoms with Gasteiger partial charge < -0.3 is 16.0 Å². The molecule has 0 unspecified atom stereocenters. The van der Waals surface area contributed by atoms with Gasteiger partial charge in [0.1, 0.15) is 5.15 Å². The van der Waals surface area contributed by atoms with E-state index in [1.807, 2.05) is 0 Å². The quantitative estimate of drug-likeness (QED) is 0.214. The van der Waals surface area contributed by atoms with Crippen LogP contribution in [0.1, 0.15) is 9.67 Å². The second kappa shape index (κ2) is 9.59. The zero-order chi connectivity index (χ0) is 19.0. The molecule has 2 rings (SSSR count). The molecule has 3 N–H and O–H groups in total. The lowest BCUT2D eigenvalue weighted by molar-refractivity contribution is 0.0956. The Bertz CT molecular complexity index is 802. The Hall–Kier alpha value is -2.05. The average molecular weight is 432 g/mol. The number of thiophene rings is 1. The molecule has 2 aromatic heterocycles. The van der Waals surface area contributed by atoms with Crippen molar-refractivity contribution in [3.63, 3.8) is 0 Å². The van der Waals surface area contributed by atoms with E-state index >= 15 is 0 Å². The number of hydrogen-bond acceptors (Lipinski definition) is 5. The minimum absolute atomic E-state index is 0.00216. The lowest BCUT2D eigenvalue weighted by Gasteiger charge is -2.21. The van der Waals surface area contributed by atoms with Crippen LogP contribution in [0.2, 0.25) is 5.15 Å². The van der Waals surface area contributed by atoms with E-state index in [0.717, 1.165) is 0 Å². The summed E-state index contributed by atoms with van der Waals surface area (Å²) in [6.45, 7) is 0.0253. The number of nitrogens with one attached hydrogen (secondary N) is 3. The normalized spacial score (nSPS) is 11.5. The Morgan fingerprint density at radius 1 is 1.31 bits per heavy atom. The third-order valence-electron chi connectivity index (χ3n) is 2.92. The van der Waals surface area contributed by atoms with E-state index in [0.29, 0.717) is 15.7 Å². The predicted octanol–water partition coefficient (Wildman–Crippen LogP) is 3.24. The molecule has 0 saturated heterocycles. The first kappa shape index (κ1) is 20.3. The summed E-state index contributed by atoms with van der Waals surface area (Å²) in [5.41, 5.74) is 0.566. The monoisotopic (exact) mass is 430 g/mol. The van der Waals surface area contributed by atoms with Crippen LogP contribution in [-0.2, 0) is 0 Å². The Labute approximate surface area is 169 Å². The number of halogens is 3. The van der Waals surface area contributed by atoms with Crippen LogP contribution in [0.5, 0.6) is 0 Å². The second-order valence-electron chi connectivity index (χ2n) is 4.92. The van der Waals surface area contributed by atoms with Gasteiger partial charge in [0.05, 0.1) is 29.9 Å². The fraction of sp³-hybridized carbons (Fsp3) is 0.200. The summed E-state index contributed by atoms with van der Waals surface area (Å²) >= 11 is 19.4. The Balaban J connectivity index is 1.88. The maximum Gasteiger partial charge on any atom is 0.261 e. The largest absolute Gasteiger partial charge is 0.352 e. The molecule has 0 atom stereocenters. The molecule has 136 valence electrons. The van der Waals surface area contributed by atoms with E-state index in [9.17, 15) is 4.79 Å². The van der Waals surface area contributed by atoms with E-state index in [-0.39, 0.29) is 25.0 Å². The number of anilines is 1. The molecule has 7 nitrogen and oxygen atoms in total. The highest BCUT2D eigenvalue weighted by Gasteiger charge is 2.25. The van der Waals surface area contributed by atoms with Gasteiger partial charge in [-0.1, -0.05) is 40.9 Å². The van der Waals surface area contributed by atoms with Gasteiger partial charge in [0.25, 0.3) is 5.91 Å². The van der Waals surface area contributed by atoms with Crippen LogP contribution < -0.4 is 16.0 Å². The summed E-state index contributed by atoms with van der Waals surface area (Å²) in [6.07, 6.45) is 3.15. The summed E-state index contributed by atoms with van der Waals surface area (Å²) < 4.78 is -1.32. The first-order chi connectivity index (χ1) is 12.4. The van der Waals surface area contributed by atoms with Gasteiger partial charge in [-0.25, -0.2) is 4.98 Å². The topological polar surface area (TPSA) is 102 Å². The van der Waals surface area contributed by atoms with Gasteiger partial charge in [-0.15, -0.1) is 16.3 Å². The van der Waals surface area contributed by atoms with E-state index in [4.69, 9.17) is 40.1 Å². The molecule has 2 heterocycles. The fourth-order valence-corrected chi connectivity index (χ4v) is 2.75. The van der Waals surface area contributed by atoms with Gasteiger partial charge >= 0.3 is 0 Å². The van der Waals surface area contributed by atoms with Gasteiger partial charge in [-0.05, 0) is 23.6 Å². The molecule has 0 aliphatic rings. The zero-order valence-electron chi connectivity index (χ0n) is 13.2. The molecule has 0 aliphatic heterocycles. The molecule has 0 spiro atoms. The number of amides is 1. The Morgan fingerprint density at radius 3 is 2.69 bits per heavy atom. The molecule has 0 saturated carbocycles. The van der Waals surface area contributed by atoms with Crippen molar-refractivity contribution < 1.29 is 4.79 Å². The van der Waals surface area contributed by atoms with Crippen LogP contribution in [0.15, 0.2) is 40.8 Å². The fourth-order valence-electron chi connectivity index (χ4n) is 1.73. The van der Waals surface area contributed by atoms with E-state index in [2.05, 4.69) is 25.9 Å². The maximum absolute atomic E-state index is 11.9. The number of rotatable bonds is 6. The summed E-state index contributed by atoms with van der Waals surface area (Å²) in [5.74, 6) is -0.131. The first-order valence-electron chi connectivity index (χ1n) is 7.18. The molecule has 2 aromatic rings. The molecular weight excluding hydrogens is 419 g/mol. The molecule has 0 radical (unpaired) electrons. The lowest BCUT2D eigenvalue weighted by atomic mass is 10.3. The standard InChI is InChI=1S/C15H13Cl3N6OS/c16-12-4-3-10(6-20-12)24-14(23-9-19)22-8-15(17,18)7-21-13(25)11-2-1-5-26-11/h1-6H,7-8H2,(H,21,25)(H2,22,23,24). The Morgan fingerprint density at radius 2 is 2.08 bits per heavy atom. The molecule has 1 amide bonds. The molecule has 26 heavy (non-hydrogen) atoms. The van der Waals surface area contributed by atoms with E-state index < -0.39 is 4.33 Å². The number of aliphatic imine (C=N–C) groups is 1. The average Bonchev–Trinajstić information content (AvgIpc) is 3.15. The molecule has 11 heteroatoms. The highest BCUT2D eigenvalue weighted by molar-refractivity contribution is 7.12. The van der Waals surface area contributed by atoms with Crippen molar-refractivity contribution in [1.82, 2.24) is 15.6 Å². The first-order valence-corrected chi connectivity index (χ1v) is 9.20. The zero-order valence-corrected chi connectivity index (χ0v) is 16.3. The number of pyridine rings is 1. The van der Waals surface area contributed by atoms with Crippen molar-refractivity contribution in [2.45, 2.75) is 4.33 Å². The van der Waals surface area contributed by atoms with Gasteiger partial charge in [-0.3, -0.25) is 4.79 Å². The van der Waals surface area contributed by atoms with Crippen molar-refractivity contribution in [3.05, 3.63) is 45.9 Å². The maximum atomic E-state index is 11.9. The van der Waals surface area contributed by atoms with Crippen molar-refractivity contribution in [3.8, 4) is 6.19 Å².